The van der Waals surface area contributed by atoms with Gasteiger partial charge < -0.3 is 5.11 Å². The molecule has 0 spiro atoms. The molecule has 14 heavy (non-hydrogen) atoms. The van der Waals surface area contributed by atoms with Crippen LogP contribution in [-0.2, 0) is 14.6 Å². The summed E-state index contributed by atoms with van der Waals surface area (Å²) >= 11 is 0. The molecule has 0 bridgehead atoms. The third-order valence-corrected chi connectivity index (χ3v) is 1.42. The maximum atomic E-state index is 10.2. The highest BCUT2D eigenvalue weighted by Gasteiger charge is 2.27. The van der Waals surface area contributed by atoms with E-state index >= 15 is 0 Å². The molecule has 84 valence electrons. The van der Waals surface area contributed by atoms with Crippen molar-refractivity contribution >= 4 is 5.97 Å². The maximum absolute atomic E-state index is 10.2. The van der Waals surface area contributed by atoms with Gasteiger partial charge in [-0.2, -0.15) is 0 Å². The first-order chi connectivity index (χ1) is 6.12. The van der Waals surface area contributed by atoms with E-state index in [1.807, 2.05) is 13.8 Å². The Morgan fingerprint density at radius 3 is 2.07 bits per heavy atom. The number of hydrogen-bond acceptors (Lipinski definition) is 3. The molecular formula is C10H20O4. The van der Waals surface area contributed by atoms with Gasteiger partial charge in [0.1, 0.15) is 0 Å². The normalized spacial score (nSPS) is 12.9. The molecule has 0 aromatic carbocycles. The van der Waals surface area contributed by atoms with Crippen LogP contribution in [0.25, 0.3) is 0 Å². The van der Waals surface area contributed by atoms with E-state index in [1.165, 1.54) is 0 Å². The second-order valence-corrected chi connectivity index (χ2v) is 5.24. The van der Waals surface area contributed by atoms with Crippen molar-refractivity contribution in [2.75, 3.05) is 6.61 Å². The van der Waals surface area contributed by atoms with Gasteiger partial charge in [0, 0.05) is 0 Å². The Morgan fingerprint density at radius 2 is 1.71 bits per heavy atom. The van der Waals surface area contributed by atoms with E-state index < -0.39 is 18.2 Å². The molecule has 0 rings (SSSR count). The molecule has 4 heteroatoms. The summed E-state index contributed by atoms with van der Waals surface area (Å²) in [5, 5.41) is 8.34. The Hall–Kier alpha value is -0.610. The summed E-state index contributed by atoms with van der Waals surface area (Å²) in [4.78, 5) is 19.8. The highest BCUT2D eigenvalue weighted by molar-refractivity contribution is 5.67. The van der Waals surface area contributed by atoms with Crippen LogP contribution in [0.1, 0.15) is 41.0 Å². The third kappa shape index (κ3) is 8.01. The number of carboxylic acid groups (broad SMARTS) is 1. The van der Waals surface area contributed by atoms with Crippen LogP contribution in [0.4, 0.5) is 0 Å². The highest BCUT2D eigenvalue weighted by Crippen LogP contribution is 2.29. The van der Waals surface area contributed by atoms with Crippen molar-refractivity contribution in [1.82, 2.24) is 0 Å². The standard InChI is InChI=1S/C10H20O4/c1-9(2,3)7-10(4,5)14-13-6-8(11)12/h6-7H2,1-5H3,(H,11,12). The number of carboxylic acids is 1. The van der Waals surface area contributed by atoms with Crippen molar-refractivity contribution in [3.05, 3.63) is 0 Å². The lowest BCUT2D eigenvalue weighted by Crippen LogP contribution is -2.31. The average Bonchev–Trinajstić information content (AvgIpc) is 1.78. The predicted octanol–water partition coefficient (Wildman–Crippen LogP) is 2.23. The molecule has 0 saturated carbocycles. The molecule has 0 aliphatic rings. The van der Waals surface area contributed by atoms with E-state index in [9.17, 15) is 4.79 Å². The van der Waals surface area contributed by atoms with Gasteiger partial charge in [0.25, 0.3) is 0 Å². The summed E-state index contributed by atoms with van der Waals surface area (Å²) in [6, 6.07) is 0. The van der Waals surface area contributed by atoms with Crippen LogP contribution in [0.5, 0.6) is 0 Å². The predicted molar refractivity (Wildman–Crippen MR) is 52.8 cm³/mol. The number of hydrogen-bond donors (Lipinski definition) is 1. The van der Waals surface area contributed by atoms with Gasteiger partial charge in [-0.15, -0.1) is 0 Å². The quantitative estimate of drug-likeness (QED) is 0.551. The van der Waals surface area contributed by atoms with Crippen LogP contribution in [0.2, 0.25) is 0 Å². The zero-order chi connectivity index (χ0) is 11.4. The second-order valence-electron chi connectivity index (χ2n) is 5.24. The van der Waals surface area contributed by atoms with Crippen LogP contribution < -0.4 is 0 Å². The summed E-state index contributed by atoms with van der Waals surface area (Å²) in [5.41, 5.74) is -0.343. The summed E-state index contributed by atoms with van der Waals surface area (Å²) in [6.07, 6.45) is 0.791. The van der Waals surface area contributed by atoms with Gasteiger partial charge in [-0.1, -0.05) is 20.8 Å². The maximum Gasteiger partial charge on any atom is 0.333 e. The minimum absolute atomic E-state index is 0.121. The Labute approximate surface area is 85.1 Å². The van der Waals surface area contributed by atoms with Gasteiger partial charge in [0.15, 0.2) is 6.61 Å². The van der Waals surface area contributed by atoms with E-state index in [0.717, 1.165) is 6.42 Å². The fourth-order valence-electron chi connectivity index (χ4n) is 1.55. The zero-order valence-corrected chi connectivity index (χ0v) is 9.59. The summed E-state index contributed by atoms with van der Waals surface area (Å²) in [6.45, 7) is 9.60. The highest BCUT2D eigenvalue weighted by atomic mass is 17.2. The first kappa shape index (κ1) is 13.4. The van der Waals surface area contributed by atoms with Crippen LogP contribution >= 0.6 is 0 Å². The molecule has 0 aliphatic carbocycles. The molecule has 0 aromatic rings. The summed E-state index contributed by atoms with van der Waals surface area (Å²) in [5.74, 6) is -1.03. The zero-order valence-electron chi connectivity index (χ0n) is 9.59. The SMILES string of the molecule is CC(C)(C)CC(C)(C)OOCC(=O)O. The topological polar surface area (TPSA) is 55.8 Å². The fourth-order valence-corrected chi connectivity index (χ4v) is 1.55. The Balaban J connectivity index is 3.89. The van der Waals surface area contributed by atoms with Gasteiger partial charge in [-0.05, 0) is 25.7 Å². The van der Waals surface area contributed by atoms with Crippen molar-refractivity contribution in [2.24, 2.45) is 5.41 Å². The van der Waals surface area contributed by atoms with Gasteiger partial charge in [0.05, 0.1) is 5.60 Å². The number of rotatable bonds is 5. The molecule has 0 fully saturated rings. The largest absolute Gasteiger partial charge is 0.479 e. The Bertz CT molecular complexity index is 191. The van der Waals surface area contributed by atoms with Gasteiger partial charge in [0.2, 0.25) is 0 Å². The van der Waals surface area contributed by atoms with Crippen LogP contribution in [0.15, 0.2) is 0 Å². The lowest BCUT2D eigenvalue weighted by atomic mass is 9.84. The lowest BCUT2D eigenvalue weighted by molar-refractivity contribution is -0.353. The van der Waals surface area contributed by atoms with Gasteiger partial charge >= 0.3 is 5.97 Å². The van der Waals surface area contributed by atoms with Crippen LogP contribution in [0.3, 0.4) is 0 Å². The number of aliphatic carboxylic acids is 1. The third-order valence-electron chi connectivity index (χ3n) is 1.42. The second kappa shape index (κ2) is 4.75. The van der Waals surface area contributed by atoms with Crippen molar-refractivity contribution in [1.29, 1.82) is 0 Å². The van der Waals surface area contributed by atoms with Crippen molar-refractivity contribution in [3.8, 4) is 0 Å². The van der Waals surface area contributed by atoms with Crippen LogP contribution in [0, 0.1) is 5.41 Å². The van der Waals surface area contributed by atoms with E-state index in [2.05, 4.69) is 25.7 Å². The molecule has 0 aliphatic heterocycles. The minimum Gasteiger partial charge on any atom is -0.479 e. The first-order valence-electron chi connectivity index (χ1n) is 4.65. The van der Waals surface area contributed by atoms with E-state index in [-0.39, 0.29) is 5.41 Å². The molecule has 0 atom stereocenters. The molecular weight excluding hydrogens is 184 g/mol. The van der Waals surface area contributed by atoms with Crippen molar-refractivity contribution in [2.45, 2.75) is 46.6 Å². The molecule has 0 saturated heterocycles. The monoisotopic (exact) mass is 204 g/mol. The smallest absolute Gasteiger partial charge is 0.333 e. The molecule has 1 N–H and O–H groups in total. The molecule has 0 radical (unpaired) electrons. The Kier molecular flexibility index (Phi) is 4.55. The van der Waals surface area contributed by atoms with Gasteiger partial charge in [-0.25, -0.2) is 14.6 Å². The van der Waals surface area contributed by atoms with Crippen LogP contribution in [-0.4, -0.2) is 23.3 Å². The van der Waals surface area contributed by atoms with E-state index in [4.69, 9.17) is 9.99 Å². The average molecular weight is 204 g/mol. The molecule has 0 heterocycles. The number of carbonyl (C=O) groups is 1. The van der Waals surface area contributed by atoms with E-state index in [1.54, 1.807) is 0 Å². The van der Waals surface area contributed by atoms with Crippen molar-refractivity contribution in [3.63, 3.8) is 0 Å². The molecule has 0 aromatic heterocycles. The van der Waals surface area contributed by atoms with Crippen molar-refractivity contribution < 1.29 is 19.7 Å². The van der Waals surface area contributed by atoms with E-state index in [0.29, 0.717) is 0 Å². The summed E-state index contributed by atoms with van der Waals surface area (Å²) in [7, 11) is 0. The lowest BCUT2D eigenvalue weighted by Gasteiger charge is -2.30. The van der Waals surface area contributed by atoms with Gasteiger partial charge in [-0.3, -0.25) is 0 Å². The first-order valence-corrected chi connectivity index (χ1v) is 4.65. The fraction of sp³-hybridized carbons (Fsp3) is 0.900. The Morgan fingerprint density at radius 1 is 1.21 bits per heavy atom. The molecule has 0 amide bonds. The minimum atomic E-state index is -1.03. The molecule has 0 unspecified atom stereocenters. The molecule has 4 nitrogen and oxygen atoms in total. The summed E-state index contributed by atoms with van der Waals surface area (Å²) < 4.78 is 0.